The zero-order valence-corrected chi connectivity index (χ0v) is 17.0. The van der Waals surface area contributed by atoms with Crippen LogP contribution in [-0.2, 0) is 21.2 Å². The first-order valence-electron chi connectivity index (χ1n) is 8.25. The van der Waals surface area contributed by atoms with E-state index in [-0.39, 0.29) is 24.6 Å². The maximum Gasteiger partial charge on any atom is 0.241 e. The standard InChI is InChI=1S/C19H24N2O4S.ClH/c1-14-5-3-6-15(11-14)13-25-17-8-4-7-16(12-17)21-19(22)18(20)9-10-26(2,23)24;/h3-8,11-12,18H,9-10,13,20H2,1-2H3,(H,21,22);1H. The average molecular weight is 413 g/mol. The number of aryl methyl sites for hydroxylation is 1. The second-order valence-electron chi connectivity index (χ2n) is 6.32. The van der Waals surface area contributed by atoms with Gasteiger partial charge in [-0.25, -0.2) is 8.42 Å². The highest BCUT2D eigenvalue weighted by Crippen LogP contribution is 2.19. The van der Waals surface area contributed by atoms with Gasteiger partial charge in [-0.05, 0) is 31.0 Å². The zero-order chi connectivity index (χ0) is 19.2. The van der Waals surface area contributed by atoms with E-state index in [4.69, 9.17) is 10.5 Å². The Labute approximate surface area is 166 Å². The number of nitrogens with two attached hydrogens (primary N) is 1. The van der Waals surface area contributed by atoms with E-state index in [0.29, 0.717) is 18.0 Å². The number of benzene rings is 2. The Hall–Kier alpha value is -2.09. The molecular weight excluding hydrogens is 388 g/mol. The molecule has 2 aromatic carbocycles. The first-order chi connectivity index (χ1) is 12.2. The van der Waals surface area contributed by atoms with Gasteiger partial charge in [-0.15, -0.1) is 12.4 Å². The van der Waals surface area contributed by atoms with Gasteiger partial charge in [0, 0.05) is 18.0 Å². The first kappa shape index (κ1) is 23.0. The van der Waals surface area contributed by atoms with Crippen LogP contribution >= 0.6 is 12.4 Å². The van der Waals surface area contributed by atoms with Crippen molar-refractivity contribution in [3.05, 3.63) is 59.7 Å². The number of anilines is 1. The Morgan fingerprint density at radius 1 is 1.19 bits per heavy atom. The molecule has 0 aliphatic rings. The summed E-state index contributed by atoms with van der Waals surface area (Å²) >= 11 is 0. The smallest absolute Gasteiger partial charge is 0.241 e. The lowest BCUT2D eigenvalue weighted by atomic mass is 10.1. The molecule has 3 N–H and O–H groups in total. The number of ether oxygens (including phenoxy) is 1. The first-order valence-corrected chi connectivity index (χ1v) is 10.3. The van der Waals surface area contributed by atoms with E-state index in [1.54, 1.807) is 24.3 Å². The molecule has 148 valence electrons. The monoisotopic (exact) mass is 412 g/mol. The van der Waals surface area contributed by atoms with Crippen LogP contribution in [0.15, 0.2) is 48.5 Å². The van der Waals surface area contributed by atoms with Crippen LogP contribution in [0.3, 0.4) is 0 Å². The fraction of sp³-hybridized carbons (Fsp3) is 0.316. The molecule has 0 radical (unpaired) electrons. The zero-order valence-electron chi connectivity index (χ0n) is 15.3. The summed E-state index contributed by atoms with van der Waals surface area (Å²) in [7, 11) is -3.15. The van der Waals surface area contributed by atoms with Crippen molar-refractivity contribution >= 4 is 33.8 Å². The van der Waals surface area contributed by atoms with Gasteiger partial charge in [0.25, 0.3) is 0 Å². The number of carbonyl (C=O) groups excluding carboxylic acids is 1. The van der Waals surface area contributed by atoms with Gasteiger partial charge < -0.3 is 15.8 Å². The number of halogens is 1. The fourth-order valence-corrected chi connectivity index (χ4v) is 3.02. The molecule has 2 rings (SSSR count). The number of sulfone groups is 1. The van der Waals surface area contributed by atoms with Crippen LogP contribution in [0.2, 0.25) is 0 Å². The van der Waals surface area contributed by atoms with Crippen LogP contribution in [0, 0.1) is 6.92 Å². The van der Waals surface area contributed by atoms with Crippen molar-refractivity contribution < 1.29 is 17.9 Å². The molecule has 6 nitrogen and oxygen atoms in total. The van der Waals surface area contributed by atoms with Gasteiger partial charge in [0.05, 0.1) is 11.8 Å². The lowest BCUT2D eigenvalue weighted by molar-refractivity contribution is -0.117. The van der Waals surface area contributed by atoms with E-state index >= 15 is 0 Å². The van der Waals surface area contributed by atoms with Crippen molar-refractivity contribution in [2.45, 2.75) is 26.0 Å². The van der Waals surface area contributed by atoms with Gasteiger partial charge in [-0.2, -0.15) is 0 Å². The maximum absolute atomic E-state index is 12.1. The van der Waals surface area contributed by atoms with Crippen molar-refractivity contribution in [2.24, 2.45) is 5.73 Å². The third-order valence-electron chi connectivity index (χ3n) is 3.73. The molecule has 1 unspecified atom stereocenters. The highest BCUT2D eigenvalue weighted by atomic mass is 35.5. The second-order valence-corrected chi connectivity index (χ2v) is 8.58. The fourth-order valence-electron chi connectivity index (χ4n) is 2.34. The lowest BCUT2D eigenvalue weighted by Crippen LogP contribution is -2.37. The molecule has 0 heterocycles. The van der Waals surface area contributed by atoms with Crippen LogP contribution < -0.4 is 15.8 Å². The van der Waals surface area contributed by atoms with E-state index in [0.717, 1.165) is 17.4 Å². The summed E-state index contributed by atoms with van der Waals surface area (Å²) < 4.78 is 28.1. The van der Waals surface area contributed by atoms with Crippen molar-refractivity contribution in [3.63, 3.8) is 0 Å². The van der Waals surface area contributed by atoms with Gasteiger partial charge in [-0.1, -0.05) is 35.9 Å². The number of rotatable bonds is 8. The molecule has 0 saturated heterocycles. The van der Waals surface area contributed by atoms with E-state index in [1.165, 1.54) is 0 Å². The summed E-state index contributed by atoms with van der Waals surface area (Å²) in [6, 6.07) is 14.1. The number of nitrogens with one attached hydrogen (secondary N) is 1. The van der Waals surface area contributed by atoms with E-state index in [1.807, 2.05) is 31.2 Å². The van der Waals surface area contributed by atoms with Crippen LogP contribution in [0.25, 0.3) is 0 Å². The Morgan fingerprint density at radius 3 is 2.56 bits per heavy atom. The second kappa shape index (κ2) is 10.3. The van der Waals surface area contributed by atoms with E-state index in [2.05, 4.69) is 5.32 Å². The molecule has 0 spiro atoms. The summed E-state index contributed by atoms with van der Waals surface area (Å²) in [6.45, 7) is 2.44. The minimum Gasteiger partial charge on any atom is -0.489 e. The number of carbonyl (C=O) groups is 1. The summed E-state index contributed by atoms with van der Waals surface area (Å²) in [5, 5.41) is 2.69. The topological polar surface area (TPSA) is 98.5 Å². The van der Waals surface area contributed by atoms with Crippen LogP contribution in [-0.4, -0.2) is 32.4 Å². The molecule has 8 heteroatoms. The molecule has 0 aliphatic heterocycles. The van der Waals surface area contributed by atoms with Gasteiger partial charge in [-0.3, -0.25) is 4.79 Å². The Balaban J connectivity index is 0.00000364. The van der Waals surface area contributed by atoms with Crippen molar-refractivity contribution in [1.29, 1.82) is 0 Å². The van der Waals surface area contributed by atoms with Gasteiger partial charge >= 0.3 is 0 Å². The highest BCUT2D eigenvalue weighted by molar-refractivity contribution is 7.90. The van der Waals surface area contributed by atoms with Gasteiger partial charge in [0.2, 0.25) is 5.91 Å². The maximum atomic E-state index is 12.1. The Bertz CT molecular complexity index is 872. The largest absolute Gasteiger partial charge is 0.489 e. The Kier molecular flexibility index (Phi) is 8.75. The third kappa shape index (κ3) is 8.43. The molecule has 2 aromatic rings. The minimum atomic E-state index is -3.15. The number of hydrogen-bond acceptors (Lipinski definition) is 5. The predicted molar refractivity (Wildman–Crippen MR) is 110 cm³/mol. The van der Waals surface area contributed by atoms with E-state index < -0.39 is 21.8 Å². The van der Waals surface area contributed by atoms with Gasteiger partial charge in [0.15, 0.2) is 0 Å². The van der Waals surface area contributed by atoms with Crippen molar-refractivity contribution in [1.82, 2.24) is 0 Å². The molecule has 0 aromatic heterocycles. The van der Waals surface area contributed by atoms with Crippen LogP contribution in [0.1, 0.15) is 17.5 Å². The molecule has 27 heavy (non-hydrogen) atoms. The minimum absolute atomic E-state index is 0. The summed E-state index contributed by atoms with van der Waals surface area (Å²) in [5.74, 6) is 0.0693. The normalized spacial score (nSPS) is 12.0. The molecule has 0 bridgehead atoms. The highest BCUT2D eigenvalue weighted by Gasteiger charge is 2.16. The number of amides is 1. The molecule has 0 aliphatic carbocycles. The number of hydrogen-bond donors (Lipinski definition) is 2. The molecule has 0 fully saturated rings. The van der Waals surface area contributed by atoms with Crippen molar-refractivity contribution in [2.75, 3.05) is 17.3 Å². The molecule has 0 saturated carbocycles. The average Bonchev–Trinajstić information content (AvgIpc) is 2.57. The third-order valence-corrected chi connectivity index (χ3v) is 4.70. The molecular formula is C19H25ClN2O4S. The molecule has 1 atom stereocenters. The summed E-state index contributed by atoms with van der Waals surface area (Å²) in [6.07, 6.45) is 1.20. The van der Waals surface area contributed by atoms with Crippen molar-refractivity contribution in [3.8, 4) is 5.75 Å². The summed E-state index contributed by atoms with van der Waals surface area (Å²) in [4.78, 5) is 12.1. The quantitative estimate of drug-likeness (QED) is 0.694. The van der Waals surface area contributed by atoms with E-state index in [9.17, 15) is 13.2 Å². The van der Waals surface area contributed by atoms with Crippen LogP contribution in [0.4, 0.5) is 5.69 Å². The Morgan fingerprint density at radius 2 is 1.89 bits per heavy atom. The van der Waals surface area contributed by atoms with Gasteiger partial charge in [0.1, 0.15) is 22.2 Å². The lowest BCUT2D eigenvalue weighted by Gasteiger charge is -2.13. The molecule has 1 amide bonds. The predicted octanol–water partition coefficient (Wildman–Crippen LogP) is 2.70. The summed E-state index contributed by atoms with van der Waals surface area (Å²) in [5.41, 5.74) is 8.52. The van der Waals surface area contributed by atoms with Crippen LogP contribution in [0.5, 0.6) is 5.75 Å². The SMILES string of the molecule is Cc1cccc(COc2cccc(NC(=O)C(N)CCS(C)(=O)=O)c2)c1.Cl.